The molecule has 0 aromatic heterocycles. The molecule has 15 heavy (non-hydrogen) atoms. The molecule has 2 saturated heterocycles. The van der Waals surface area contributed by atoms with Crippen LogP contribution >= 0.6 is 0 Å². The molecule has 2 aliphatic heterocycles. The first-order valence-electron chi connectivity index (χ1n) is 5.63. The Labute approximate surface area is 90.2 Å². The van der Waals surface area contributed by atoms with Crippen LogP contribution in [0.5, 0.6) is 0 Å². The number of amides is 1. The molecular formula is C11H19NO3. The molecule has 4 nitrogen and oxygen atoms in total. The van der Waals surface area contributed by atoms with Crippen molar-refractivity contribution in [3.63, 3.8) is 0 Å². The van der Waals surface area contributed by atoms with Gasteiger partial charge in [0, 0.05) is 25.9 Å². The number of rotatable bonds is 0. The molecule has 2 unspecified atom stereocenters. The van der Waals surface area contributed by atoms with E-state index in [0.717, 1.165) is 25.9 Å². The fourth-order valence-corrected chi connectivity index (χ4v) is 2.68. The van der Waals surface area contributed by atoms with E-state index in [0.29, 0.717) is 6.61 Å². The van der Waals surface area contributed by atoms with Gasteiger partial charge in [-0.05, 0) is 12.8 Å². The Morgan fingerprint density at radius 2 is 2.07 bits per heavy atom. The van der Waals surface area contributed by atoms with Crippen molar-refractivity contribution in [2.45, 2.75) is 38.4 Å². The number of hydrogen-bond donors (Lipinski definition) is 1. The number of likely N-dealkylation sites (tertiary alicyclic amines) is 1. The SMILES string of the molecule is CC(=O)N1CCC2(CC1)OCC(O)C2C. The lowest BCUT2D eigenvalue weighted by Gasteiger charge is -2.41. The summed E-state index contributed by atoms with van der Waals surface area (Å²) in [7, 11) is 0. The zero-order valence-corrected chi connectivity index (χ0v) is 9.40. The highest BCUT2D eigenvalue weighted by Gasteiger charge is 2.48. The van der Waals surface area contributed by atoms with E-state index in [1.165, 1.54) is 0 Å². The number of piperidine rings is 1. The predicted molar refractivity (Wildman–Crippen MR) is 55.3 cm³/mol. The Balaban J connectivity index is 2.00. The van der Waals surface area contributed by atoms with E-state index in [4.69, 9.17) is 4.74 Å². The molecule has 2 heterocycles. The highest BCUT2D eigenvalue weighted by atomic mass is 16.5. The average molecular weight is 213 g/mol. The van der Waals surface area contributed by atoms with E-state index in [2.05, 4.69) is 0 Å². The van der Waals surface area contributed by atoms with Crippen molar-refractivity contribution in [2.75, 3.05) is 19.7 Å². The second-order valence-corrected chi connectivity index (χ2v) is 4.74. The van der Waals surface area contributed by atoms with Gasteiger partial charge < -0.3 is 14.7 Å². The van der Waals surface area contributed by atoms with Gasteiger partial charge in [-0.25, -0.2) is 0 Å². The molecule has 4 heteroatoms. The average Bonchev–Trinajstić information content (AvgIpc) is 2.48. The molecule has 86 valence electrons. The van der Waals surface area contributed by atoms with Crippen LogP contribution in [0.25, 0.3) is 0 Å². The largest absolute Gasteiger partial charge is 0.390 e. The van der Waals surface area contributed by atoms with Crippen molar-refractivity contribution in [1.29, 1.82) is 0 Å². The van der Waals surface area contributed by atoms with Gasteiger partial charge in [-0.1, -0.05) is 6.92 Å². The van der Waals surface area contributed by atoms with Crippen LogP contribution in [0.1, 0.15) is 26.7 Å². The second kappa shape index (κ2) is 3.76. The first-order chi connectivity index (χ1) is 7.05. The standard InChI is InChI=1S/C11H19NO3/c1-8-10(14)7-15-11(8)3-5-12(6-4-11)9(2)13/h8,10,14H,3-7H2,1-2H3. The molecular weight excluding hydrogens is 194 g/mol. The third kappa shape index (κ3) is 1.76. The Bertz CT molecular complexity index is 259. The third-order valence-electron chi connectivity index (χ3n) is 4.00. The monoisotopic (exact) mass is 213 g/mol. The number of carbonyl (C=O) groups is 1. The van der Waals surface area contributed by atoms with Crippen molar-refractivity contribution in [1.82, 2.24) is 4.90 Å². The number of nitrogens with zero attached hydrogens (tertiary/aromatic N) is 1. The number of carbonyl (C=O) groups excluding carboxylic acids is 1. The van der Waals surface area contributed by atoms with E-state index < -0.39 is 0 Å². The maximum atomic E-state index is 11.2. The quantitative estimate of drug-likeness (QED) is 0.633. The number of aliphatic hydroxyl groups excluding tert-OH is 1. The van der Waals surface area contributed by atoms with Crippen LogP contribution in [0.4, 0.5) is 0 Å². The van der Waals surface area contributed by atoms with Gasteiger partial charge in [0.05, 0.1) is 18.3 Å². The summed E-state index contributed by atoms with van der Waals surface area (Å²) in [5, 5.41) is 9.68. The second-order valence-electron chi connectivity index (χ2n) is 4.74. The van der Waals surface area contributed by atoms with Gasteiger partial charge >= 0.3 is 0 Å². The molecule has 1 spiro atoms. The Morgan fingerprint density at radius 3 is 2.47 bits per heavy atom. The molecule has 0 aromatic rings. The summed E-state index contributed by atoms with van der Waals surface area (Å²) in [6.45, 7) is 5.60. The first-order valence-corrected chi connectivity index (χ1v) is 5.63. The third-order valence-corrected chi connectivity index (χ3v) is 4.00. The molecule has 0 aromatic carbocycles. The Morgan fingerprint density at radius 1 is 1.47 bits per heavy atom. The molecule has 0 saturated carbocycles. The summed E-state index contributed by atoms with van der Waals surface area (Å²) in [6, 6.07) is 0. The maximum Gasteiger partial charge on any atom is 0.219 e. The highest BCUT2D eigenvalue weighted by molar-refractivity contribution is 5.73. The maximum absolute atomic E-state index is 11.2. The van der Waals surface area contributed by atoms with Gasteiger partial charge in [-0.3, -0.25) is 4.79 Å². The topological polar surface area (TPSA) is 49.8 Å². The van der Waals surface area contributed by atoms with Gasteiger partial charge in [0.2, 0.25) is 5.91 Å². The van der Waals surface area contributed by atoms with E-state index in [1.807, 2.05) is 11.8 Å². The minimum atomic E-state index is -0.339. The molecule has 2 rings (SSSR count). The predicted octanol–water partition coefficient (Wildman–Crippen LogP) is 0.395. The van der Waals surface area contributed by atoms with Crippen molar-refractivity contribution in [3.8, 4) is 0 Å². The van der Waals surface area contributed by atoms with E-state index in [1.54, 1.807) is 6.92 Å². The van der Waals surface area contributed by atoms with Crippen molar-refractivity contribution in [2.24, 2.45) is 5.92 Å². The lowest BCUT2D eigenvalue weighted by atomic mass is 9.80. The van der Waals surface area contributed by atoms with Crippen LogP contribution in [0.2, 0.25) is 0 Å². The van der Waals surface area contributed by atoms with Crippen LogP contribution in [-0.4, -0.2) is 47.3 Å². The lowest BCUT2D eigenvalue weighted by Crippen LogP contribution is -2.49. The summed E-state index contributed by atoms with van der Waals surface area (Å²) in [4.78, 5) is 13.0. The Hall–Kier alpha value is -0.610. The van der Waals surface area contributed by atoms with Crippen molar-refractivity contribution < 1.29 is 14.6 Å². The van der Waals surface area contributed by atoms with Crippen molar-refractivity contribution in [3.05, 3.63) is 0 Å². The molecule has 0 radical (unpaired) electrons. The van der Waals surface area contributed by atoms with Crippen molar-refractivity contribution >= 4 is 5.91 Å². The number of aliphatic hydroxyl groups is 1. The molecule has 0 aliphatic carbocycles. The van der Waals surface area contributed by atoms with E-state index >= 15 is 0 Å². The van der Waals surface area contributed by atoms with Crippen LogP contribution in [0.15, 0.2) is 0 Å². The Kier molecular flexibility index (Phi) is 2.73. The smallest absolute Gasteiger partial charge is 0.219 e. The summed E-state index contributed by atoms with van der Waals surface area (Å²) in [5.74, 6) is 0.322. The van der Waals surface area contributed by atoms with Crippen LogP contribution in [0, 0.1) is 5.92 Å². The van der Waals surface area contributed by atoms with Gasteiger partial charge in [0.1, 0.15) is 0 Å². The number of hydrogen-bond acceptors (Lipinski definition) is 3. The molecule has 0 bridgehead atoms. The molecule has 2 aliphatic rings. The van der Waals surface area contributed by atoms with Gasteiger partial charge in [0.25, 0.3) is 0 Å². The highest BCUT2D eigenvalue weighted by Crippen LogP contribution is 2.40. The van der Waals surface area contributed by atoms with E-state index in [-0.39, 0.29) is 23.5 Å². The molecule has 2 fully saturated rings. The molecule has 2 atom stereocenters. The van der Waals surface area contributed by atoms with Crippen LogP contribution in [-0.2, 0) is 9.53 Å². The van der Waals surface area contributed by atoms with Gasteiger partial charge in [0.15, 0.2) is 0 Å². The van der Waals surface area contributed by atoms with Gasteiger partial charge in [-0.15, -0.1) is 0 Å². The fourth-order valence-electron chi connectivity index (χ4n) is 2.68. The molecule has 1 amide bonds. The summed E-state index contributed by atoms with van der Waals surface area (Å²) >= 11 is 0. The fraction of sp³-hybridized carbons (Fsp3) is 0.909. The van der Waals surface area contributed by atoms with Gasteiger partial charge in [-0.2, -0.15) is 0 Å². The summed E-state index contributed by atoms with van der Waals surface area (Å²) in [6.07, 6.45) is 1.36. The molecule has 1 N–H and O–H groups in total. The summed E-state index contributed by atoms with van der Waals surface area (Å²) < 4.78 is 5.75. The van der Waals surface area contributed by atoms with Crippen LogP contribution < -0.4 is 0 Å². The first kappa shape index (κ1) is 10.9. The lowest BCUT2D eigenvalue weighted by molar-refractivity contribution is -0.134. The normalized spacial score (nSPS) is 34.7. The minimum absolute atomic E-state index is 0.135. The zero-order chi connectivity index (χ0) is 11.1. The number of ether oxygens (including phenoxy) is 1. The van der Waals surface area contributed by atoms with E-state index in [9.17, 15) is 9.90 Å². The van der Waals surface area contributed by atoms with Crippen LogP contribution in [0.3, 0.4) is 0 Å². The minimum Gasteiger partial charge on any atom is -0.390 e. The zero-order valence-electron chi connectivity index (χ0n) is 9.40. The summed E-state index contributed by atoms with van der Waals surface area (Å²) in [5.41, 5.74) is -0.175.